The summed E-state index contributed by atoms with van der Waals surface area (Å²) in [4.78, 5) is 10.7. The lowest BCUT2D eigenvalue weighted by atomic mass is 9.99. The van der Waals surface area contributed by atoms with Crippen LogP contribution in [0.25, 0.3) is 11.1 Å². The van der Waals surface area contributed by atoms with E-state index in [2.05, 4.69) is 0 Å². The van der Waals surface area contributed by atoms with Crippen molar-refractivity contribution in [3.05, 3.63) is 48.0 Å². The third kappa shape index (κ3) is 4.89. The van der Waals surface area contributed by atoms with E-state index in [1.807, 2.05) is 13.0 Å². The predicted molar refractivity (Wildman–Crippen MR) is 104 cm³/mol. The van der Waals surface area contributed by atoms with E-state index in [4.69, 9.17) is 19.3 Å². The van der Waals surface area contributed by atoms with Crippen molar-refractivity contribution in [1.29, 1.82) is 0 Å². The topological polar surface area (TPSA) is 146 Å². The van der Waals surface area contributed by atoms with Crippen LogP contribution in [0.4, 0.5) is 0 Å². The van der Waals surface area contributed by atoms with Crippen molar-refractivity contribution >= 4 is 5.97 Å². The Morgan fingerprint density at radius 3 is 2.53 bits per heavy atom. The van der Waals surface area contributed by atoms with Gasteiger partial charge in [-0.3, -0.25) is 0 Å². The summed E-state index contributed by atoms with van der Waals surface area (Å²) in [5, 5.41) is 48.3. The summed E-state index contributed by atoms with van der Waals surface area (Å²) in [6, 6.07) is 12.1. The second kappa shape index (κ2) is 9.41. The zero-order valence-corrected chi connectivity index (χ0v) is 16.2. The van der Waals surface area contributed by atoms with Crippen LogP contribution in [0.2, 0.25) is 0 Å². The smallest absolute Gasteiger partial charge is 0.341 e. The van der Waals surface area contributed by atoms with E-state index in [-0.39, 0.29) is 0 Å². The lowest BCUT2D eigenvalue weighted by Crippen LogP contribution is -2.60. The molecular formula is C21H24O9. The fourth-order valence-corrected chi connectivity index (χ4v) is 3.15. The van der Waals surface area contributed by atoms with Gasteiger partial charge in [0.25, 0.3) is 0 Å². The van der Waals surface area contributed by atoms with Gasteiger partial charge in [0.05, 0.1) is 6.61 Å². The Hall–Kier alpha value is -2.69. The van der Waals surface area contributed by atoms with E-state index < -0.39 is 49.9 Å². The highest BCUT2D eigenvalue weighted by atomic mass is 16.7. The molecule has 1 aliphatic heterocycles. The largest absolute Gasteiger partial charge is 0.482 e. The van der Waals surface area contributed by atoms with E-state index in [0.717, 1.165) is 5.56 Å². The zero-order chi connectivity index (χ0) is 21.8. The summed E-state index contributed by atoms with van der Waals surface area (Å²) in [5.41, 5.74) is 2.13. The van der Waals surface area contributed by atoms with Crippen molar-refractivity contribution in [3.63, 3.8) is 0 Å². The number of aliphatic hydroxyl groups excluding tert-OH is 4. The molecule has 2 aromatic carbocycles. The number of aliphatic carboxylic acids is 1. The van der Waals surface area contributed by atoms with Gasteiger partial charge in [0, 0.05) is 5.56 Å². The molecule has 5 atom stereocenters. The molecule has 0 saturated carbocycles. The molecule has 0 spiro atoms. The monoisotopic (exact) mass is 420 g/mol. The number of aliphatic hydroxyl groups is 4. The average molecular weight is 420 g/mol. The van der Waals surface area contributed by atoms with Gasteiger partial charge in [0.1, 0.15) is 35.9 Å². The first-order valence-corrected chi connectivity index (χ1v) is 9.33. The summed E-state index contributed by atoms with van der Waals surface area (Å²) in [6.45, 7) is 0.802. The van der Waals surface area contributed by atoms with Crippen LogP contribution in [0.15, 0.2) is 42.5 Å². The van der Waals surface area contributed by atoms with Gasteiger partial charge in [0.2, 0.25) is 6.29 Å². The Morgan fingerprint density at radius 2 is 1.83 bits per heavy atom. The number of hydrogen-bond donors (Lipinski definition) is 5. The van der Waals surface area contributed by atoms with Gasteiger partial charge in [-0.25, -0.2) is 4.79 Å². The molecule has 0 unspecified atom stereocenters. The minimum Gasteiger partial charge on any atom is -0.482 e. The van der Waals surface area contributed by atoms with E-state index in [0.29, 0.717) is 22.6 Å². The van der Waals surface area contributed by atoms with Gasteiger partial charge in [0.15, 0.2) is 6.61 Å². The van der Waals surface area contributed by atoms with Crippen LogP contribution in [0.3, 0.4) is 0 Å². The molecule has 0 radical (unpaired) electrons. The molecule has 3 rings (SSSR count). The molecular weight excluding hydrogens is 396 g/mol. The SMILES string of the molecule is Cc1ccc(-c2cccc(OCC(=O)O)c2)c(O[C@@H]2O[C@H](CO)[C@@H](O)[C@H](O)[C@@H]2O)c1. The van der Waals surface area contributed by atoms with Gasteiger partial charge >= 0.3 is 5.97 Å². The second-order valence-corrected chi connectivity index (χ2v) is 7.02. The van der Waals surface area contributed by atoms with Crippen molar-refractivity contribution in [1.82, 2.24) is 0 Å². The maximum atomic E-state index is 10.7. The predicted octanol–water partition coefficient (Wildman–Crippen LogP) is 0.304. The molecule has 0 bridgehead atoms. The average Bonchev–Trinajstić information content (AvgIpc) is 2.73. The van der Waals surface area contributed by atoms with E-state index in [1.54, 1.807) is 36.4 Å². The lowest BCUT2D eigenvalue weighted by Gasteiger charge is -2.39. The summed E-state index contributed by atoms with van der Waals surface area (Å²) in [6.07, 6.45) is -6.99. The molecule has 1 aliphatic rings. The number of benzene rings is 2. The van der Waals surface area contributed by atoms with Gasteiger partial charge < -0.3 is 39.7 Å². The van der Waals surface area contributed by atoms with Crippen molar-refractivity contribution in [2.45, 2.75) is 37.6 Å². The van der Waals surface area contributed by atoms with Gasteiger partial charge in [-0.05, 0) is 36.2 Å². The number of carboxylic acid groups (broad SMARTS) is 1. The first kappa shape index (κ1) is 22.0. The van der Waals surface area contributed by atoms with Crippen LogP contribution in [-0.4, -0.2) is 75.4 Å². The standard InChI is InChI=1S/C21H24O9/c1-11-5-6-14(12-3-2-4-13(8-12)28-10-17(23)24)15(7-11)29-21-20(27)19(26)18(25)16(9-22)30-21/h2-8,16,18-22,25-27H,9-10H2,1H3,(H,23,24)/t16-,18-,19+,20+,21-/m1/s1. The van der Waals surface area contributed by atoms with Crippen LogP contribution in [0.5, 0.6) is 11.5 Å². The van der Waals surface area contributed by atoms with Gasteiger partial charge in [-0.15, -0.1) is 0 Å². The maximum Gasteiger partial charge on any atom is 0.341 e. The lowest BCUT2D eigenvalue weighted by molar-refractivity contribution is -0.277. The minimum atomic E-state index is -1.55. The van der Waals surface area contributed by atoms with Crippen LogP contribution in [0, 0.1) is 6.92 Å². The van der Waals surface area contributed by atoms with E-state index in [1.165, 1.54) is 0 Å². The van der Waals surface area contributed by atoms with Crippen LogP contribution >= 0.6 is 0 Å². The summed E-state index contributed by atoms with van der Waals surface area (Å²) >= 11 is 0. The molecule has 9 nitrogen and oxygen atoms in total. The molecule has 30 heavy (non-hydrogen) atoms. The Morgan fingerprint density at radius 1 is 1.07 bits per heavy atom. The summed E-state index contributed by atoms with van der Waals surface area (Å²) in [7, 11) is 0. The molecule has 2 aromatic rings. The number of hydrogen-bond acceptors (Lipinski definition) is 8. The van der Waals surface area contributed by atoms with Crippen LogP contribution in [-0.2, 0) is 9.53 Å². The number of ether oxygens (including phenoxy) is 3. The maximum absolute atomic E-state index is 10.7. The molecule has 1 saturated heterocycles. The zero-order valence-electron chi connectivity index (χ0n) is 16.2. The highest BCUT2D eigenvalue weighted by molar-refractivity contribution is 5.72. The molecule has 0 aliphatic carbocycles. The van der Waals surface area contributed by atoms with Crippen molar-refractivity contribution in [2.75, 3.05) is 13.2 Å². The molecule has 1 heterocycles. The fourth-order valence-electron chi connectivity index (χ4n) is 3.15. The highest BCUT2D eigenvalue weighted by Crippen LogP contribution is 2.35. The first-order chi connectivity index (χ1) is 14.3. The summed E-state index contributed by atoms with van der Waals surface area (Å²) < 4.78 is 16.5. The number of aryl methyl sites for hydroxylation is 1. The number of carbonyl (C=O) groups is 1. The quantitative estimate of drug-likeness (QED) is 0.427. The fraction of sp³-hybridized carbons (Fsp3) is 0.381. The Balaban J connectivity index is 1.89. The molecule has 5 N–H and O–H groups in total. The normalized spacial score (nSPS) is 26.2. The minimum absolute atomic E-state index is 0.328. The van der Waals surface area contributed by atoms with Crippen LogP contribution in [0.1, 0.15) is 5.56 Å². The first-order valence-electron chi connectivity index (χ1n) is 9.33. The van der Waals surface area contributed by atoms with Crippen molar-refractivity contribution in [3.8, 4) is 22.6 Å². The van der Waals surface area contributed by atoms with Gasteiger partial charge in [-0.1, -0.05) is 24.3 Å². The van der Waals surface area contributed by atoms with Crippen molar-refractivity contribution < 1.29 is 44.5 Å². The molecule has 0 amide bonds. The number of carboxylic acids is 1. The van der Waals surface area contributed by atoms with Crippen molar-refractivity contribution in [2.24, 2.45) is 0 Å². The molecule has 9 heteroatoms. The Bertz CT molecular complexity index is 883. The summed E-state index contributed by atoms with van der Waals surface area (Å²) in [5.74, 6) is -0.411. The number of rotatable bonds is 7. The second-order valence-electron chi connectivity index (χ2n) is 7.02. The highest BCUT2D eigenvalue weighted by Gasteiger charge is 2.44. The molecule has 162 valence electrons. The Labute approximate surface area is 172 Å². The van der Waals surface area contributed by atoms with Crippen LogP contribution < -0.4 is 9.47 Å². The Kier molecular flexibility index (Phi) is 6.91. The molecule has 0 aromatic heterocycles. The van der Waals surface area contributed by atoms with E-state index >= 15 is 0 Å². The van der Waals surface area contributed by atoms with E-state index in [9.17, 15) is 25.2 Å². The third-order valence-corrected chi connectivity index (χ3v) is 4.74. The molecule has 1 fully saturated rings. The third-order valence-electron chi connectivity index (χ3n) is 4.74. The van der Waals surface area contributed by atoms with Gasteiger partial charge in [-0.2, -0.15) is 0 Å².